The van der Waals surface area contributed by atoms with Crippen molar-refractivity contribution in [3.8, 4) is 5.88 Å². The first kappa shape index (κ1) is 18.1. The van der Waals surface area contributed by atoms with Crippen LogP contribution in [0.15, 0.2) is 66.9 Å². The Morgan fingerprint density at radius 2 is 1.48 bits per heavy atom. The van der Waals surface area contributed by atoms with E-state index in [-0.39, 0.29) is 11.4 Å². The van der Waals surface area contributed by atoms with Gasteiger partial charge in [-0.3, -0.25) is 9.59 Å². The van der Waals surface area contributed by atoms with E-state index >= 15 is 0 Å². The van der Waals surface area contributed by atoms with E-state index in [1.165, 1.54) is 0 Å². The van der Waals surface area contributed by atoms with Crippen LogP contribution >= 0.6 is 0 Å². The van der Waals surface area contributed by atoms with Crippen LogP contribution in [0.2, 0.25) is 0 Å². The van der Waals surface area contributed by atoms with E-state index < -0.39 is 23.7 Å². The molecule has 3 aromatic rings. The molecular formula is C20H17N4O3. The second kappa shape index (κ2) is 8.09. The molecule has 0 atom stereocenters. The number of aromatic nitrogens is 2. The van der Waals surface area contributed by atoms with E-state index in [9.17, 15) is 14.7 Å². The zero-order valence-corrected chi connectivity index (χ0v) is 14.3. The van der Waals surface area contributed by atoms with E-state index in [0.29, 0.717) is 0 Å². The highest BCUT2D eigenvalue weighted by molar-refractivity contribution is 5.97. The van der Waals surface area contributed by atoms with Crippen molar-refractivity contribution in [1.82, 2.24) is 20.6 Å². The van der Waals surface area contributed by atoms with Gasteiger partial charge in [-0.1, -0.05) is 60.7 Å². The Labute approximate surface area is 156 Å². The lowest BCUT2D eigenvalue weighted by atomic mass is 9.98. The first-order valence-electron chi connectivity index (χ1n) is 8.14. The van der Waals surface area contributed by atoms with Crippen LogP contribution < -0.4 is 10.6 Å². The zero-order chi connectivity index (χ0) is 19.2. The lowest BCUT2D eigenvalue weighted by Crippen LogP contribution is -2.30. The number of nitrogens with one attached hydrogen (secondary N) is 2. The van der Waals surface area contributed by atoms with Crippen LogP contribution in [0.3, 0.4) is 0 Å². The maximum Gasteiger partial charge on any atom is 0.289 e. The number of hydrogen-bond acceptors (Lipinski definition) is 5. The highest BCUT2D eigenvalue weighted by Crippen LogP contribution is 2.23. The second-order valence-corrected chi connectivity index (χ2v) is 5.66. The Balaban J connectivity index is 1.90. The normalized spacial score (nSPS) is 10.4. The van der Waals surface area contributed by atoms with Crippen molar-refractivity contribution in [3.63, 3.8) is 0 Å². The number of nitrogens with zero attached hydrogens (tertiary/aromatic N) is 2. The van der Waals surface area contributed by atoms with E-state index in [4.69, 9.17) is 0 Å². The third kappa shape index (κ3) is 4.09. The van der Waals surface area contributed by atoms with Crippen molar-refractivity contribution < 1.29 is 14.7 Å². The van der Waals surface area contributed by atoms with Crippen LogP contribution in [0.4, 0.5) is 0 Å². The van der Waals surface area contributed by atoms with Crippen molar-refractivity contribution in [2.24, 2.45) is 0 Å². The van der Waals surface area contributed by atoms with Gasteiger partial charge in [-0.05, 0) is 11.1 Å². The Kier molecular flexibility index (Phi) is 5.41. The molecule has 1 aromatic heterocycles. The highest BCUT2D eigenvalue weighted by Gasteiger charge is 2.21. The summed E-state index contributed by atoms with van der Waals surface area (Å²) in [5.41, 5.74) is 1.63. The molecule has 0 spiro atoms. The number of carbonyl (C=O) groups is 2. The minimum absolute atomic E-state index is 0.132. The SMILES string of the molecule is [CH2]NC(=O)c1ncc(C(=O)NC(c2ccccc2)c2ccccc2)c(O)n1. The predicted octanol–water partition coefficient (Wildman–Crippen LogP) is 2.22. The maximum absolute atomic E-state index is 12.7. The van der Waals surface area contributed by atoms with Crippen molar-refractivity contribution in [1.29, 1.82) is 0 Å². The number of amides is 2. The molecule has 7 nitrogen and oxygen atoms in total. The molecule has 0 unspecified atom stereocenters. The van der Waals surface area contributed by atoms with Crippen molar-refractivity contribution >= 4 is 11.8 Å². The Morgan fingerprint density at radius 3 is 1.96 bits per heavy atom. The molecule has 2 amide bonds. The number of aromatic hydroxyl groups is 1. The molecule has 3 N–H and O–H groups in total. The fraction of sp³-hybridized carbons (Fsp3) is 0.0500. The van der Waals surface area contributed by atoms with E-state index in [2.05, 4.69) is 27.6 Å². The van der Waals surface area contributed by atoms with E-state index in [1.54, 1.807) is 0 Å². The summed E-state index contributed by atoms with van der Waals surface area (Å²) in [4.78, 5) is 31.6. The largest absolute Gasteiger partial charge is 0.493 e. The van der Waals surface area contributed by atoms with Crippen molar-refractivity contribution in [3.05, 3.63) is 96.4 Å². The van der Waals surface area contributed by atoms with Gasteiger partial charge in [0.2, 0.25) is 11.7 Å². The molecule has 2 aromatic carbocycles. The fourth-order valence-electron chi connectivity index (χ4n) is 2.58. The zero-order valence-electron chi connectivity index (χ0n) is 14.3. The van der Waals surface area contributed by atoms with Crippen LogP contribution in [0.5, 0.6) is 5.88 Å². The summed E-state index contributed by atoms with van der Waals surface area (Å²) in [6.07, 6.45) is 1.11. The van der Waals surface area contributed by atoms with Crippen LogP contribution in [0.1, 0.15) is 38.1 Å². The van der Waals surface area contributed by atoms with Gasteiger partial charge in [0, 0.05) is 13.2 Å². The van der Waals surface area contributed by atoms with Crippen molar-refractivity contribution in [2.75, 3.05) is 0 Å². The fourth-order valence-corrected chi connectivity index (χ4v) is 2.58. The lowest BCUT2D eigenvalue weighted by molar-refractivity contribution is 0.0929. The molecule has 0 saturated heterocycles. The molecule has 27 heavy (non-hydrogen) atoms. The van der Waals surface area contributed by atoms with Crippen LogP contribution in [0.25, 0.3) is 0 Å². The van der Waals surface area contributed by atoms with Gasteiger partial charge in [0.1, 0.15) is 5.56 Å². The molecule has 7 heteroatoms. The van der Waals surface area contributed by atoms with Gasteiger partial charge in [0.25, 0.3) is 11.8 Å². The van der Waals surface area contributed by atoms with Gasteiger partial charge in [-0.25, -0.2) is 4.98 Å². The standard InChI is InChI=1S/C20H17N4O3/c1-21-20(27)17-22-12-15(19(26)24-17)18(25)23-16(13-8-4-2-5-9-13)14-10-6-3-7-11-14/h2-12,16H,1H2,(H,21,27)(H,23,25)(H,22,24,26). The van der Waals surface area contributed by atoms with Gasteiger partial charge < -0.3 is 15.7 Å². The Bertz CT molecular complexity index is 906. The molecule has 0 bridgehead atoms. The van der Waals surface area contributed by atoms with Gasteiger partial charge in [-0.15, -0.1) is 0 Å². The summed E-state index contributed by atoms with van der Waals surface area (Å²) >= 11 is 0. The predicted molar refractivity (Wildman–Crippen MR) is 98.7 cm³/mol. The third-order valence-corrected chi connectivity index (χ3v) is 3.92. The molecule has 0 fully saturated rings. The minimum atomic E-state index is -0.663. The van der Waals surface area contributed by atoms with Gasteiger partial charge in [0.15, 0.2) is 0 Å². The van der Waals surface area contributed by atoms with E-state index in [1.807, 2.05) is 60.7 Å². The van der Waals surface area contributed by atoms with Crippen LogP contribution in [-0.4, -0.2) is 26.9 Å². The smallest absolute Gasteiger partial charge is 0.289 e. The van der Waals surface area contributed by atoms with Gasteiger partial charge in [-0.2, -0.15) is 4.98 Å². The van der Waals surface area contributed by atoms with Gasteiger partial charge >= 0.3 is 0 Å². The van der Waals surface area contributed by atoms with Crippen molar-refractivity contribution in [2.45, 2.75) is 6.04 Å². The molecule has 0 aliphatic rings. The molecule has 0 saturated carbocycles. The second-order valence-electron chi connectivity index (χ2n) is 5.66. The Morgan fingerprint density at radius 1 is 0.926 bits per heavy atom. The number of benzene rings is 2. The summed E-state index contributed by atoms with van der Waals surface area (Å²) in [5.74, 6) is -2.09. The average molecular weight is 361 g/mol. The number of rotatable bonds is 5. The topological polar surface area (TPSA) is 104 Å². The average Bonchev–Trinajstić information content (AvgIpc) is 2.72. The highest BCUT2D eigenvalue weighted by atomic mass is 16.3. The summed E-state index contributed by atoms with van der Waals surface area (Å²) in [6.45, 7) is 0. The molecule has 3 rings (SSSR count). The molecule has 0 aliphatic heterocycles. The van der Waals surface area contributed by atoms with Gasteiger partial charge in [0.05, 0.1) is 6.04 Å². The summed E-state index contributed by atoms with van der Waals surface area (Å²) < 4.78 is 0. The van der Waals surface area contributed by atoms with E-state index in [0.717, 1.165) is 17.3 Å². The monoisotopic (exact) mass is 361 g/mol. The first-order valence-corrected chi connectivity index (χ1v) is 8.14. The summed E-state index contributed by atoms with van der Waals surface area (Å²) in [5, 5.41) is 15.0. The number of hydrogen-bond donors (Lipinski definition) is 3. The molecule has 135 valence electrons. The Hall–Kier alpha value is -3.74. The molecule has 1 radical (unpaired) electrons. The first-order chi connectivity index (χ1) is 13.1. The summed E-state index contributed by atoms with van der Waals surface area (Å²) in [7, 11) is 3.22. The maximum atomic E-state index is 12.7. The minimum Gasteiger partial charge on any atom is -0.493 e. The summed E-state index contributed by atoms with van der Waals surface area (Å²) in [6, 6.07) is 18.5. The molecule has 0 aliphatic carbocycles. The third-order valence-electron chi connectivity index (χ3n) is 3.92. The molecule has 1 heterocycles. The quantitative estimate of drug-likeness (QED) is 0.646. The van der Waals surface area contributed by atoms with Crippen LogP contribution in [-0.2, 0) is 0 Å². The number of carbonyl (C=O) groups excluding carboxylic acids is 2. The lowest BCUT2D eigenvalue weighted by Gasteiger charge is -2.20. The molecular weight excluding hydrogens is 344 g/mol. The van der Waals surface area contributed by atoms with Crippen LogP contribution in [0, 0.1) is 7.05 Å².